The molecule has 0 radical (unpaired) electrons. The Hall–Kier alpha value is -2.04. The summed E-state index contributed by atoms with van der Waals surface area (Å²) in [6, 6.07) is 6.43. The van der Waals surface area contributed by atoms with Gasteiger partial charge in [0.05, 0.1) is 12.8 Å². The molecule has 1 aliphatic rings. The Morgan fingerprint density at radius 1 is 1.33 bits per heavy atom. The minimum Gasteiger partial charge on any atom is -0.497 e. The van der Waals surface area contributed by atoms with Crippen molar-refractivity contribution >= 4 is 17.6 Å². The van der Waals surface area contributed by atoms with Crippen LogP contribution in [0.25, 0.3) is 0 Å². The number of amides is 3. The third-order valence-electron chi connectivity index (χ3n) is 3.02. The average molecular weight is 248 g/mol. The highest BCUT2D eigenvalue weighted by Crippen LogP contribution is 2.22. The summed E-state index contributed by atoms with van der Waals surface area (Å²) in [5, 5.41) is 2.81. The number of ether oxygens (including phenoxy) is 1. The lowest BCUT2D eigenvalue weighted by Gasteiger charge is -2.30. The van der Waals surface area contributed by atoms with Gasteiger partial charge in [-0.3, -0.25) is 4.79 Å². The SMILES string of the molecule is CCC1CC(=O)N(c2ccc(OC)cc2)C(=O)N1. The predicted octanol–water partition coefficient (Wildman–Crippen LogP) is 1.92. The van der Waals surface area contributed by atoms with Crippen LogP contribution < -0.4 is 15.0 Å². The Morgan fingerprint density at radius 3 is 2.50 bits per heavy atom. The molecule has 0 aromatic heterocycles. The van der Waals surface area contributed by atoms with Gasteiger partial charge in [0, 0.05) is 12.5 Å². The topological polar surface area (TPSA) is 58.6 Å². The fourth-order valence-corrected chi connectivity index (χ4v) is 1.94. The van der Waals surface area contributed by atoms with Crippen LogP contribution in [0.4, 0.5) is 10.5 Å². The molecule has 18 heavy (non-hydrogen) atoms. The monoisotopic (exact) mass is 248 g/mol. The second-order valence-corrected chi connectivity index (χ2v) is 4.19. The first-order valence-electron chi connectivity index (χ1n) is 5.93. The lowest BCUT2D eigenvalue weighted by atomic mass is 10.1. The summed E-state index contributed by atoms with van der Waals surface area (Å²) in [5.74, 6) is 0.519. The highest BCUT2D eigenvalue weighted by molar-refractivity contribution is 6.16. The van der Waals surface area contributed by atoms with Crippen LogP contribution in [0.1, 0.15) is 19.8 Å². The number of benzene rings is 1. The van der Waals surface area contributed by atoms with E-state index in [1.165, 1.54) is 4.90 Å². The van der Waals surface area contributed by atoms with Gasteiger partial charge in [-0.25, -0.2) is 9.69 Å². The maximum Gasteiger partial charge on any atom is 0.328 e. The van der Waals surface area contributed by atoms with Crippen molar-refractivity contribution in [3.05, 3.63) is 24.3 Å². The number of anilines is 1. The van der Waals surface area contributed by atoms with E-state index in [4.69, 9.17) is 4.74 Å². The lowest BCUT2D eigenvalue weighted by Crippen LogP contribution is -2.54. The maximum absolute atomic E-state index is 12.0. The van der Waals surface area contributed by atoms with Gasteiger partial charge in [-0.2, -0.15) is 0 Å². The molecule has 1 aromatic carbocycles. The number of hydrogen-bond donors (Lipinski definition) is 1. The van der Waals surface area contributed by atoms with Crippen molar-refractivity contribution in [2.45, 2.75) is 25.8 Å². The van der Waals surface area contributed by atoms with Crippen LogP contribution >= 0.6 is 0 Å². The van der Waals surface area contributed by atoms with Crippen molar-refractivity contribution in [1.82, 2.24) is 5.32 Å². The minimum atomic E-state index is -0.358. The molecule has 0 spiro atoms. The van der Waals surface area contributed by atoms with Crippen LogP contribution in [0.5, 0.6) is 5.75 Å². The molecule has 1 fully saturated rings. The highest BCUT2D eigenvalue weighted by atomic mass is 16.5. The number of carbonyl (C=O) groups excluding carboxylic acids is 2. The zero-order valence-corrected chi connectivity index (χ0v) is 10.5. The predicted molar refractivity (Wildman–Crippen MR) is 67.7 cm³/mol. The zero-order chi connectivity index (χ0) is 13.1. The molecule has 3 amide bonds. The fourth-order valence-electron chi connectivity index (χ4n) is 1.94. The molecule has 96 valence electrons. The van der Waals surface area contributed by atoms with Gasteiger partial charge >= 0.3 is 6.03 Å². The molecule has 1 saturated heterocycles. The van der Waals surface area contributed by atoms with Crippen molar-refractivity contribution in [3.63, 3.8) is 0 Å². The van der Waals surface area contributed by atoms with E-state index >= 15 is 0 Å². The summed E-state index contributed by atoms with van der Waals surface area (Å²) in [7, 11) is 1.57. The number of nitrogens with one attached hydrogen (secondary N) is 1. The van der Waals surface area contributed by atoms with Crippen molar-refractivity contribution in [1.29, 1.82) is 0 Å². The van der Waals surface area contributed by atoms with Gasteiger partial charge in [0.2, 0.25) is 5.91 Å². The lowest BCUT2D eigenvalue weighted by molar-refractivity contribution is -0.119. The molecule has 1 unspecified atom stereocenters. The smallest absolute Gasteiger partial charge is 0.328 e. The van der Waals surface area contributed by atoms with Crippen LogP contribution in [-0.2, 0) is 4.79 Å². The van der Waals surface area contributed by atoms with Gasteiger partial charge in [0.25, 0.3) is 0 Å². The van der Waals surface area contributed by atoms with Gasteiger partial charge in [-0.15, -0.1) is 0 Å². The van der Waals surface area contributed by atoms with E-state index in [2.05, 4.69) is 5.32 Å². The van der Waals surface area contributed by atoms with Gasteiger partial charge in [0.15, 0.2) is 0 Å². The van der Waals surface area contributed by atoms with Crippen LogP contribution in [0.15, 0.2) is 24.3 Å². The second-order valence-electron chi connectivity index (χ2n) is 4.19. The Bertz CT molecular complexity index is 438. The van der Waals surface area contributed by atoms with Gasteiger partial charge in [-0.05, 0) is 30.7 Å². The third-order valence-corrected chi connectivity index (χ3v) is 3.02. The molecule has 1 atom stereocenters. The molecule has 0 bridgehead atoms. The van der Waals surface area contributed by atoms with Crippen molar-refractivity contribution < 1.29 is 14.3 Å². The third kappa shape index (κ3) is 2.30. The summed E-state index contributed by atoms with van der Waals surface area (Å²) in [5.41, 5.74) is 0.563. The zero-order valence-electron chi connectivity index (χ0n) is 10.5. The number of methoxy groups -OCH3 is 1. The van der Waals surface area contributed by atoms with Crippen LogP contribution in [0.3, 0.4) is 0 Å². The summed E-state index contributed by atoms with van der Waals surface area (Å²) in [6.07, 6.45) is 1.10. The Morgan fingerprint density at radius 2 is 2.00 bits per heavy atom. The summed E-state index contributed by atoms with van der Waals surface area (Å²) in [6.45, 7) is 1.95. The number of hydrogen-bond acceptors (Lipinski definition) is 3. The van der Waals surface area contributed by atoms with E-state index in [1.807, 2.05) is 6.92 Å². The van der Waals surface area contributed by atoms with Gasteiger partial charge in [0.1, 0.15) is 5.75 Å². The Kier molecular flexibility index (Phi) is 3.50. The molecule has 1 aromatic rings. The van der Waals surface area contributed by atoms with Gasteiger partial charge < -0.3 is 10.1 Å². The molecular weight excluding hydrogens is 232 g/mol. The highest BCUT2D eigenvalue weighted by Gasteiger charge is 2.32. The van der Waals surface area contributed by atoms with E-state index in [0.29, 0.717) is 17.9 Å². The standard InChI is InChI=1S/C13H16N2O3/c1-3-9-8-12(16)15(13(17)14-9)10-4-6-11(18-2)7-5-10/h4-7,9H,3,8H2,1-2H3,(H,14,17). The van der Waals surface area contributed by atoms with Crippen LogP contribution in [-0.4, -0.2) is 25.1 Å². The first-order valence-corrected chi connectivity index (χ1v) is 5.93. The number of imide groups is 1. The summed E-state index contributed by atoms with van der Waals surface area (Å²) >= 11 is 0. The minimum absolute atomic E-state index is 0.0560. The first-order chi connectivity index (χ1) is 8.65. The molecule has 0 aliphatic carbocycles. The molecule has 1 aliphatic heterocycles. The quantitative estimate of drug-likeness (QED) is 0.889. The summed E-state index contributed by atoms with van der Waals surface area (Å²) < 4.78 is 5.04. The number of nitrogens with zero attached hydrogens (tertiary/aromatic N) is 1. The molecule has 2 rings (SSSR count). The first kappa shape index (κ1) is 12.4. The molecule has 5 nitrogen and oxygen atoms in total. The van der Waals surface area contributed by atoms with E-state index in [1.54, 1.807) is 31.4 Å². The maximum atomic E-state index is 12.0. The van der Waals surface area contributed by atoms with E-state index < -0.39 is 0 Å². The van der Waals surface area contributed by atoms with E-state index in [-0.39, 0.29) is 18.0 Å². The number of carbonyl (C=O) groups is 2. The normalized spacial score (nSPS) is 19.7. The average Bonchev–Trinajstić information content (AvgIpc) is 2.38. The number of rotatable bonds is 3. The molecule has 1 N–H and O–H groups in total. The Labute approximate surface area is 106 Å². The number of urea groups is 1. The largest absolute Gasteiger partial charge is 0.497 e. The second kappa shape index (κ2) is 5.08. The van der Waals surface area contributed by atoms with E-state index in [9.17, 15) is 9.59 Å². The van der Waals surface area contributed by atoms with Crippen molar-refractivity contribution in [2.75, 3.05) is 12.0 Å². The Balaban J connectivity index is 2.21. The molecular formula is C13H16N2O3. The fraction of sp³-hybridized carbons (Fsp3) is 0.385. The van der Waals surface area contributed by atoms with Crippen LogP contribution in [0, 0.1) is 0 Å². The molecule has 1 heterocycles. The van der Waals surface area contributed by atoms with E-state index in [0.717, 1.165) is 6.42 Å². The van der Waals surface area contributed by atoms with Crippen molar-refractivity contribution in [2.24, 2.45) is 0 Å². The molecule has 0 saturated carbocycles. The van der Waals surface area contributed by atoms with Gasteiger partial charge in [-0.1, -0.05) is 6.92 Å². The summed E-state index contributed by atoms with van der Waals surface area (Å²) in [4.78, 5) is 25.0. The van der Waals surface area contributed by atoms with Crippen LogP contribution in [0.2, 0.25) is 0 Å². The molecule has 5 heteroatoms. The van der Waals surface area contributed by atoms with Crippen molar-refractivity contribution in [3.8, 4) is 5.75 Å².